The smallest absolute Gasteiger partial charge is 0.346 e. The SMILES string of the molecule is COC(=O)C[C@@H](c1ccc(Oc2nnnn2-c2ccccc2)c(OC)c1)c1c(O)cc(C)n(CCc2ccc(O)c(O)c2)c1=O. The van der Waals surface area contributed by atoms with Crippen molar-refractivity contribution >= 4 is 5.97 Å². The molecular weight excluding hydrogens is 582 g/mol. The maximum atomic E-state index is 13.9. The molecule has 1 atom stereocenters. The monoisotopic (exact) mass is 613 g/mol. The second-order valence-electron chi connectivity index (χ2n) is 10.2. The molecule has 0 radical (unpaired) electrons. The van der Waals surface area contributed by atoms with E-state index >= 15 is 0 Å². The highest BCUT2D eigenvalue weighted by Gasteiger charge is 2.28. The Kier molecular flexibility index (Phi) is 8.98. The minimum atomic E-state index is -0.910. The molecule has 0 amide bonds. The van der Waals surface area contributed by atoms with Gasteiger partial charge in [-0.05, 0) is 77.4 Å². The van der Waals surface area contributed by atoms with Gasteiger partial charge in [-0.25, -0.2) is 0 Å². The zero-order valence-electron chi connectivity index (χ0n) is 24.7. The Balaban J connectivity index is 1.51. The number of methoxy groups -OCH3 is 2. The molecule has 13 heteroatoms. The van der Waals surface area contributed by atoms with Crippen LogP contribution in [0.4, 0.5) is 0 Å². The normalized spacial score (nSPS) is 11.6. The zero-order chi connectivity index (χ0) is 32.1. The molecule has 0 fully saturated rings. The number of rotatable bonds is 11. The first-order valence-electron chi connectivity index (χ1n) is 13.9. The van der Waals surface area contributed by atoms with E-state index in [1.165, 1.54) is 41.7 Å². The third-order valence-corrected chi connectivity index (χ3v) is 7.37. The molecular formula is C32H31N5O8. The lowest BCUT2D eigenvalue weighted by atomic mass is 9.88. The summed E-state index contributed by atoms with van der Waals surface area (Å²) in [7, 11) is 2.69. The number of nitrogens with zero attached hydrogens (tertiary/aromatic N) is 5. The topological polar surface area (TPSA) is 171 Å². The molecule has 3 aromatic carbocycles. The van der Waals surface area contributed by atoms with Gasteiger partial charge in [0.05, 0.1) is 31.9 Å². The Morgan fingerprint density at radius 3 is 2.40 bits per heavy atom. The summed E-state index contributed by atoms with van der Waals surface area (Å²) in [6, 6.07) is 20.0. The Hall–Kier alpha value is -5.85. The molecule has 0 saturated carbocycles. The molecule has 0 aliphatic rings. The molecule has 232 valence electrons. The fourth-order valence-corrected chi connectivity index (χ4v) is 5.03. The zero-order valence-corrected chi connectivity index (χ0v) is 24.7. The number of aryl methyl sites for hydroxylation is 2. The van der Waals surface area contributed by atoms with Crippen molar-refractivity contribution in [3.8, 4) is 40.4 Å². The average Bonchev–Trinajstić information content (AvgIpc) is 3.50. The number of phenolic OH excluding ortho intramolecular Hbond substituents is 2. The third-order valence-electron chi connectivity index (χ3n) is 7.37. The fraction of sp³-hybridized carbons (Fsp3) is 0.219. The molecule has 0 aliphatic carbocycles. The largest absolute Gasteiger partial charge is 0.507 e. The minimum absolute atomic E-state index is 0.00305. The molecule has 0 unspecified atom stereocenters. The van der Waals surface area contributed by atoms with E-state index in [9.17, 15) is 24.9 Å². The Morgan fingerprint density at radius 2 is 1.69 bits per heavy atom. The number of carbonyl (C=O) groups is 1. The second-order valence-corrected chi connectivity index (χ2v) is 10.2. The van der Waals surface area contributed by atoms with Gasteiger partial charge in [0, 0.05) is 18.2 Å². The minimum Gasteiger partial charge on any atom is -0.507 e. The highest BCUT2D eigenvalue weighted by atomic mass is 16.5. The molecule has 3 N–H and O–H groups in total. The number of hydrogen-bond donors (Lipinski definition) is 3. The lowest BCUT2D eigenvalue weighted by Crippen LogP contribution is -2.29. The van der Waals surface area contributed by atoms with E-state index in [2.05, 4.69) is 15.5 Å². The van der Waals surface area contributed by atoms with Crippen molar-refractivity contribution in [1.82, 2.24) is 24.8 Å². The Labute approximate surface area is 257 Å². The molecule has 0 aliphatic heterocycles. The van der Waals surface area contributed by atoms with Crippen LogP contribution in [0.25, 0.3) is 5.69 Å². The van der Waals surface area contributed by atoms with E-state index in [1.807, 2.05) is 30.3 Å². The predicted molar refractivity (Wildman–Crippen MR) is 161 cm³/mol. The van der Waals surface area contributed by atoms with Gasteiger partial charge in [0.15, 0.2) is 23.0 Å². The maximum absolute atomic E-state index is 13.9. The van der Waals surface area contributed by atoms with E-state index in [-0.39, 0.29) is 53.3 Å². The van der Waals surface area contributed by atoms with Crippen LogP contribution in [0, 0.1) is 6.92 Å². The summed E-state index contributed by atoms with van der Waals surface area (Å²) in [5, 5.41) is 42.2. The molecule has 5 rings (SSSR count). The summed E-state index contributed by atoms with van der Waals surface area (Å²) in [5.74, 6) is -1.74. The van der Waals surface area contributed by atoms with E-state index in [1.54, 1.807) is 31.2 Å². The van der Waals surface area contributed by atoms with Gasteiger partial charge in [-0.2, -0.15) is 4.68 Å². The highest BCUT2D eigenvalue weighted by molar-refractivity contribution is 5.72. The Bertz CT molecular complexity index is 1890. The standard InChI is InChI=1S/C32H31N5O8/c1-19-15-26(40)30(31(42)36(19)14-13-20-9-11-24(38)25(39)16-20)23(18-29(41)44-3)21-10-12-27(28(17-21)43-2)45-32-33-34-35-37(32)22-7-5-4-6-8-22/h4-12,15-17,23,38-40H,13-14,18H2,1-3H3/t23-/m0/s1. The van der Waals surface area contributed by atoms with Crippen molar-refractivity contribution in [1.29, 1.82) is 0 Å². The number of aromatic nitrogens is 5. The average molecular weight is 614 g/mol. The van der Waals surface area contributed by atoms with Gasteiger partial charge in [0.25, 0.3) is 5.56 Å². The highest BCUT2D eigenvalue weighted by Crippen LogP contribution is 2.38. The van der Waals surface area contributed by atoms with Crippen LogP contribution in [0.3, 0.4) is 0 Å². The molecule has 45 heavy (non-hydrogen) atoms. The van der Waals surface area contributed by atoms with Crippen LogP contribution in [-0.4, -0.2) is 60.3 Å². The van der Waals surface area contributed by atoms with Crippen molar-refractivity contribution in [3.63, 3.8) is 0 Å². The lowest BCUT2D eigenvalue weighted by Gasteiger charge is -2.21. The van der Waals surface area contributed by atoms with Crippen molar-refractivity contribution in [2.45, 2.75) is 32.2 Å². The lowest BCUT2D eigenvalue weighted by molar-refractivity contribution is -0.140. The van der Waals surface area contributed by atoms with Gasteiger partial charge in [0.2, 0.25) is 0 Å². The van der Waals surface area contributed by atoms with Crippen LogP contribution in [0.1, 0.15) is 34.7 Å². The number of esters is 1. The number of aromatic hydroxyl groups is 3. The number of phenols is 2. The van der Waals surface area contributed by atoms with Crippen LogP contribution in [0.2, 0.25) is 0 Å². The van der Waals surface area contributed by atoms with Gasteiger partial charge in [-0.1, -0.05) is 35.4 Å². The molecule has 2 aromatic heterocycles. The summed E-state index contributed by atoms with van der Waals surface area (Å²) in [6.07, 6.45) is 0.104. The summed E-state index contributed by atoms with van der Waals surface area (Å²) in [4.78, 5) is 26.5. The number of carbonyl (C=O) groups excluding carboxylic acids is 1. The van der Waals surface area contributed by atoms with E-state index in [4.69, 9.17) is 14.2 Å². The summed E-state index contributed by atoms with van der Waals surface area (Å²) in [5.41, 5.74) is 1.86. The first kappa shape index (κ1) is 30.6. The van der Waals surface area contributed by atoms with Crippen LogP contribution in [-0.2, 0) is 22.5 Å². The van der Waals surface area contributed by atoms with Crippen LogP contribution >= 0.6 is 0 Å². The quantitative estimate of drug-likeness (QED) is 0.145. The number of tetrazole rings is 1. The third kappa shape index (κ3) is 6.56. The molecule has 0 saturated heterocycles. The van der Waals surface area contributed by atoms with Crippen molar-refractivity contribution in [2.75, 3.05) is 14.2 Å². The van der Waals surface area contributed by atoms with Gasteiger partial charge < -0.3 is 34.1 Å². The van der Waals surface area contributed by atoms with E-state index < -0.39 is 17.4 Å². The van der Waals surface area contributed by atoms with Crippen LogP contribution in [0.5, 0.6) is 34.8 Å². The molecule has 13 nitrogen and oxygen atoms in total. The fourth-order valence-electron chi connectivity index (χ4n) is 5.03. The molecule has 0 spiro atoms. The first-order chi connectivity index (χ1) is 21.7. The number of ether oxygens (including phenoxy) is 3. The predicted octanol–water partition coefficient (Wildman–Crippen LogP) is 3.99. The second kappa shape index (κ2) is 13.2. The van der Waals surface area contributed by atoms with Gasteiger partial charge in [0.1, 0.15) is 5.75 Å². The summed E-state index contributed by atoms with van der Waals surface area (Å²) < 4.78 is 19.4. The summed E-state index contributed by atoms with van der Waals surface area (Å²) >= 11 is 0. The van der Waals surface area contributed by atoms with E-state index in [0.29, 0.717) is 28.9 Å². The van der Waals surface area contributed by atoms with Gasteiger partial charge in [-0.15, -0.1) is 0 Å². The molecule has 0 bridgehead atoms. The number of pyridine rings is 1. The number of para-hydroxylation sites is 1. The van der Waals surface area contributed by atoms with Crippen LogP contribution in [0.15, 0.2) is 77.6 Å². The Morgan fingerprint density at radius 1 is 0.911 bits per heavy atom. The van der Waals surface area contributed by atoms with Crippen LogP contribution < -0.4 is 15.0 Å². The molecule has 5 aromatic rings. The van der Waals surface area contributed by atoms with Gasteiger partial charge in [-0.3, -0.25) is 9.59 Å². The van der Waals surface area contributed by atoms with E-state index in [0.717, 1.165) is 0 Å². The summed E-state index contributed by atoms with van der Waals surface area (Å²) in [6.45, 7) is 1.89. The first-order valence-corrected chi connectivity index (χ1v) is 13.9. The number of benzene rings is 3. The van der Waals surface area contributed by atoms with Crippen molar-refractivity contribution in [2.24, 2.45) is 0 Å². The molecule has 2 heterocycles. The number of hydrogen-bond acceptors (Lipinski definition) is 11. The van der Waals surface area contributed by atoms with Crippen molar-refractivity contribution < 1.29 is 34.3 Å². The van der Waals surface area contributed by atoms with Gasteiger partial charge >= 0.3 is 12.0 Å². The van der Waals surface area contributed by atoms with Crippen molar-refractivity contribution in [3.05, 3.63) is 106 Å². The maximum Gasteiger partial charge on any atom is 0.346 e.